The highest BCUT2D eigenvalue weighted by atomic mass is 16.5. The first-order valence-electron chi connectivity index (χ1n) is 6.01. The van der Waals surface area contributed by atoms with Gasteiger partial charge >= 0.3 is 5.97 Å². The molecule has 0 saturated carbocycles. The standard InChI is InChI=1S/C12H11NO3.C2H6.H2/c1-2-16-12(15)9-7-13-10-6-4-3-5-8(10)11(9)14;1-2;/h3-7H,2H2,1H3,(H,13,14);1-2H3;1H. The van der Waals surface area contributed by atoms with E-state index in [9.17, 15) is 9.59 Å². The van der Waals surface area contributed by atoms with E-state index in [4.69, 9.17) is 4.74 Å². The van der Waals surface area contributed by atoms with Gasteiger partial charge in [0.2, 0.25) is 5.43 Å². The molecule has 0 bridgehead atoms. The molecule has 98 valence electrons. The maximum atomic E-state index is 11.9. The maximum Gasteiger partial charge on any atom is 0.343 e. The van der Waals surface area contributed by atoms with E-state index in [0.717, 1.165) is 0 Å². The SMILES string of the molecule is CC.CCOC(=O)c1c[nH]c2ccccc2c1=O.[HH]. The number of hydrogen-bond acceptors (Lipinski definition) is 3. The number of carbonyl (C=O) groups excluding carboxylic acids is 1. The summed E-state index contributed by atoms with van der Waals surface area (Å²) in [5, 5.41) is 0.494. The minimum absolute atomic E-state index is 0. The number of pyridine rings is 1. The summed E-state index contributed by atoms with van der Waals surface area (Å²) in [7, 11) is 0. The van der Waals surface area contributed by atoms with Crippen LogP contribution in [-0.2, 0) is 4.74 Å². The van der Waals surface area contributed by atoms with Gasteiger partial charge in [-0.2, -0.15) is 0 Å². The van der Waals surface area contributed by atoms with E-state index in [1.165, 1.54) is 6.20 Å². The van der Waals surface area contributed by atoms with Gasteiger partial charge in [-0.3, -0.25) is 4.79 Å². The molecule has 1 aromatic carbocycles. The third-order valence-electron chi connectivity index (χ3n) is 2.28. The Bertz CT molecular complexity index is 593. The summed E-state index contributed by atoms with van der Waals surface area (Å²) in [6.07, 6.45) is 1.39. The molecule has 4 heteroatoms. The molecule has 18 heavy (non-hydrogen) atoms. The minimum Gasteiger partial charge on any atom is -0.462 e. The number of nitrogens with one attached hydrogen (secondary N) is 1. The number of aromatic nitrogens is 1. The second kappa shape index (κ2) is 6.59. The van der Waals surface area contributed by atoms with Crippen LogP contribution in [-0.4, -0.2) is 17.6 Å². The van der Waals surface area contributed by atoms with Crippen molar-refractivity contribution in [3.05, 3.63) is 46.2 Å². The van der Waals surface area contributed by atoms with Gasteiger partial charge in [-0.15, -0.1) is 0 Å². The maximum absolute atomic E-state index is 11.9. The fourth-order valence-corrected chi connectivity index (χ4v) is 1.53. The second-order valence-corrected chi connectivity index (χ2v) is 3.30. The number of aromatic amines is 1. The zero-order valence-corrected chi connectivity index (χ0v) is 10.8. The summed E-state index contributed by atoms with van der Waals surface area (Å²) in [6, 6.07) is 7.04. The fraction of sp³-hybridized carbons (Fsp3) is 0.286. The van der Waals surface area contributed by atoms with Crippen molar-refractivity contribution in [3.8, 4) is 0 Å². The normalized spacial score (nSPS) is 9.50. The highest BCUT2D eigenvalue weighted by Gasteiger charge is 2.12. The van der Waals surface area contributed by atoms with E-state index in [-0.39, 0.29) is 19.0 Å². The molecule has 0 spiro atoms. The Morgan fingerprint density at radius 2 is 2.00 bits per heavy atom. The largest absolute Gasteiger partial charge is 0.462 e. The van der Waals surface area contributed by atoms with E-state index in [0.29, 0.717) is 10.9 Å². The number of hydrogen-bond donors (Lipinski definition) is 1. The van der Waals surface area contributed by atoms with Crippen LogP contribution in [0.5, 0.6) is 0 Å². The predicted octanol–water partition coefficient (Wildman–Crippen LogP) is 2.98. The zero-order valence-electron chi connectivity index (χ0n) is 10.8. The number of fused-ring (bicyclic) bond motifs is 1. The monoisotopic (exact) mass is 249 g/mol. The molecule has 0 aliphatic rings. The summed E-state index contributed by atoms with van der Waals surface area (Å²) in [5.41, 5.74) is 0.453. The molecular formula is C14H19NO3. The Hall–Kier alpha value is -2.10. The summed E-state index contributed by atoms with van der Waals surface area (Å²) in [4.78, 5) is 26.3. The molecule has 0 fully saturated rings. The summed E-state index contributed by atoms with van der Waals surface area (Å²) >= 11 is 0. The summed E-state index contributed by atoms with van der Waals surface area (Å²) < 4.78 is 4.80. The Labute approximate surface area is 107 Å². The van der Waals surface area contributed by atoms with Crippen LogP contribution in [0.3, 0.4) is 0 Å². The van der Waals surface area contributed by atoms with Crippen LogP contribution in [0.15, 0.2) is 35.3 Å². The number of rotatable bonds is 2. The number of H-pyrrole nitrogens is 1. The van der Waals surface area contributed by atoms with Gasteiger partial charge in [0.25, 0.3) is 0 Å². The van der Waals surface area contributed by atoms with Gasteiger partial charge in [-0.05, 0) is 19.1 Å². The Kier molecular flexibility index (Phi) is 5.11. The third-order valence-corrected chi connectivity index (χ3v) is 2.28. The molecule has 2 aromatic rings. The van der Waals surface area contributed by atoms with Crippen molar-refractivity contribution >= 4 is 16.9 Å². The molecule has 0 aliphatic heterocycles. The van der Waals surface area contributed by atoms with E-state index < -0.39 is 5.97 Å². The van der Waals surface area contributed by atoms with Crippen molar-refractivity contribution in [2.24, 2.45) is 0 Å². The lowest BCUT2D eigenvalue weighted by atomic mass is 10.1. The topological polar surface area (TPSA) is 59.2 Å². The lowest BCUT2D eigenvalue weighted by molar-refractivity contribution is 0.0524. The van der Waals surface area contributed by atoms with Crippen molar-refractivity contribution < 1.29 is 11.0 Å². The molecule has 0 aliphatic carbocycles. The molecule has 0 unspecified atom stereocenters. The lowest BCUT2D eigenvalue weighted by Gasteiger charge is -2.02. The molecule has 0 saturated heterocycles. The molecule has 1 heterocycles. The molecule has 1 aromatic heterocycles. The Morgan fingerprint density at radius 1 is 1.33 bits per heavy atom. The second-order valence-electron chi connectivity index (χ2n) is 3.30. The van der Waals surface area contributed by atoms with E-state index in [1.807, 2.05) is 19.9 Å². The first-order chi connectivity index (χ1) is 8.74. The molecule has 0 radical (unpaired) electrons. The van der Waals surface area contributed by atoms with E-state index >= 15 is 0 Å². The van der Waals surface area contributed by atoms with E-state index in [2.05, 4.69) is 4.98 Å². The van der Waals surface area contributed by atoms with Gasteiger partial charge < -0.3 is 9.72 Å². The van der Waals surface area contributed by atoms with Crippen molar-refractivity contribution in [2.45, 2.75) is 20.8 Å². The molecule has 1 N–H and O–H groups in total. The quantitative estimate of drug-likeness (QED) is 0.832. The van der Waals surface area contributed by atoms with Crippen LogP contribution >= 0.6 is 0 Å². The highest BCUT2D eigenvalue weighted by Crippen LogP contribution is 2.07. The lowest BCUT2D eigenvalue weighted by Crippen LogP contribution is -2.17. The van der Waals surface area contributed by atoms with Crippen LogP contribution in [0.2, 0.25) is 0 Å². The van der Waals surface area contributed by atoms with Gasteiger partial charge in [0.15, 0.2) is 0 Å². The average Bonchev–Trinajstić information content (AvgIpc) is 2.42. The number of benzene rings is 1. The zero-order chi connectivity index (χ0) is 13.5. The number of carbonyl (C=O) groups is 1. The number of esters is 1. The van der Waals surface area contributed by atoms with Crippen molar-refractivity contribution in [3.63, 3.8) is 0 Å². The Balaban J connectivity index is 0.00000103. The fourth-order valence-electron chi connectivity index (χ4n) is 1.53. The molecule has 0 amide bonds. The van der Waals surface area contributed by atoms with Crippen LogP contribution in [0.25, 0.3) is 10.9 Å². The number of para-hydroxylation sites is 1. The third kappa shape index (κ3) is 2.77. The minimum atomic E-state index is -0.588. The predicted molar refractivity (Wildman–Crippen MR) is 74.0 cm³/mol. The smallest absolute Gasteiger partial charge is 0.343 e. The molecule has 4 nitrogen and oxygen atoms in total. The Morgan fingerprint density at radius 3 is 2.67 bits per heavy atom. The van der Waals surface area contributed by atoms with Gasteiger partial charge in [0, 0.05) is 18.5 Å². The van der Waals surface area contributed by atoms with Crippen LogP contribution in [0.1, 0.15) is 32.6 Å². The van der Waals surface area contributed by atoms with Crippen molar-refractivity contribution in [1.29, 1.82) is 0 Å². The summed E-state index contributed by atoms with van der Waals surface area (Å²) in [6.45, 7) is 5.96. The van der Waals surface area contributed by atoms with Crippen molar-refractivity contribution in [1.82, 2.24) is 4.98 Å². The van der Waals surface area contributed by atoms with Gasteiger partial charge in [-0.1, -0.05) is 26.0 Å². The molecular weight excluding hydrogens is 230 g/mol. The first-order valence-corrected chi connectivity index (χ1v) is 6.01. The molecule has 2 rings (SSSR count). The van der Waals surface area contributed by atoms with Crippen molar-refractivity contribution in [2.75, 3.05) is 6.61 Å². The highest BCUT2D eigenvalue weighted by molar-refractivity contribution is 5.93. The van der Waals surface area contributed by atoms with Crippen LogP contribution in [0, 0.1) is 0 Å². The van der Waals surface area contributed by atoms with Crippen LogP contribution < -0.4 is 5.43 Å². The molecule has 0 atom stereocenters. The summed E-state index contributed by atoms with van der Waals surface area (Å²) in [5.74, 6) is -0.588. The number of ether oxygens (including phenoxy) is 1. The van der Waals surface area contributed by atoms with Gasteiger partial charge in [0.1, 0.15) is 5.56 Å². The van der Waals surface area contributed by atoms with E-state index in [1.54, 1.807) is 25.1 Å². The average molecular weight is 249 g/mol. The van der Waals surface area contributed by atoms with Gasteiger partial charge in [0.05, 0.1) is 6.61 Å². The van der Waals surface area contributed by atoms with Gasteiger partial charge in [-0.25, -0.2) is 4.79 Å². The van der Waals surface area contributed by atoms with Crippen LogP contribution in [0.4, 0.5) is 0 Å². The first kappa shape index (κ1) is 14.0.